The molecule has 1 amide bonds. The standard InChI is InChI=1S/C29H24F2N4O2/c1-35(16-23-3-2-6-33-23)29(37)28-25-12-18(19-7-17(14-32)8-21(30)9-19)4-5-27(25)34-15-26(28)20-10-22(31)13-24(36)11-20/h4-5,7-13,15,23,33,36H,2-3,6,16H2,1H3/t23-/m0/s1. The molecule has 1 aliphatic heterocycles. The first-order valence-electron chi connectivity index (χ1n) is 11.9. The molecule has 5 rings (SSSR count). The zero-order valence-electron chi connectivity index (χ0n) is 20.1. The largest absolute Gasteiger partial charge is 0.508 e. The van der Waals surface area contributed by atoms with Crippen molar-refractivity contribution in [3.05, 3.63) is 83.6 Å². The van der Waals surface area contributed by atoms with Crippen LogP contribution in [0.5, 0.6) is 5.75 Å². The average molecular weight is 499 g/mol. The van der Waals surface area contributed by atoms with Gasteiger partial charge in [0.05, 0.1) is 22.7 Å². The lowest BCUT2D eigenvalue weighted by Crippen LogP contribution is -2.38. The highest BCUT2D eigenvalue weighted by Gasteiger charge is 2.25. The van der Waals surface area contributed by atoms with Gasteiger partial charge in [-0.05, 0) is 78.5 Å². The molecule has 1 aliphatic rings. The lowest BCUT2D eigenvalue weighted by molar-refractivity contribution is 0.0786. The number of phenolic OH excluding ortho intramolecular Hbond substituents is 1. The number of halogens is 2. The van der Waals surface area contributed by atoms with E-state index >= 15 is 0 Å². The van der Waals surface area contributed by atoms with Crippen molar-refractivity contribution in [2.24, 2.45) is 0 Å². The minimum absolute atomic E-state index is 0.177. The summed E-state index contributed by atoms with van der Waals surface area (Å²) in [4.78, 5) is 20.0. The first-order chi connectivity index (χ1) is 17.8. The number of carbonyl (C=O) groups is 1. The maximum Gasteiger partial charge on any atom is 0.255 e. The van der Waals surface area contributed by atoms with Crippen molar-refractivity contribution in [2.45, 2.75) is 18.9 Å². The summed E-state index contributed by atoms with van der Waals surface area (Å²) >= 11 is 0. The molecular formula is C29H24F2N4O2. The Morgan fingerprint density at radius 3 is 2.62 bits per heavy atom. The molecule has 2 N–H and O–H groups in total. The highest BCUT2D eigenvalue weighted by atomic mass is 19.1. The Morgan fingerprint density at radius 2 is 1.89 bits per heavy atom. The van der Waals surface area contributed by atoms with E-state index in [4.69, 9.17) is 0 Å². The van der Waals surface area contributed by atoms with E-state index < -0.39 is 11.6 Å². The number of rotatable bonds is 5. The lowest BCUT2D eigenvalue weighted by Gasteiger charge is -2.24. The summed E-state index contributed by atoms with van der Waals surface area (Å²) in [6.45, 7) is 1.39. The van der Waals surface area contributed by atoms with Gasteiger partial charge in [0.15, 0.2) is 0 Å². The van der Waals surface area contributed by atoms with Crippen LogP contribution in [0.25, 0.3) is 33.2 Å². The van der Waals surface area contributed by atoms with Crippen molar-refractivity contribution in [1.82, 2.24) is 15.2 Å². The van der Waals surface area contributed by atoms with Crippen LogP contribution in [0.15, 0.2) is 60.8 Å². The van der Waals surface area contributed by atoms with Gasteiger partial charge in [-0.3, -0.25) is 9.78 Å². The average Bonchev–Trinajstić information content (AvgIpc) is 3.39. The number of likely N-dealkylation sites (N-methyl/N-ethyl adjacent to an activating group) is 1. The van der Waals surface area contributed by atoms with Gasteiger partial charge in [0, 0.05) is 42.8 Å². The topological polar surface area (TPSA) is 89.2 Å². The van der Waals surface area contributed by atoms with Crippen molar-refractivity contribution in [1.29, 1.82) is 5.26 Å². The molecule has 0 unspecified atom stereocenters. The Kier molecular flexibility index (Phi) is 6.55. The molecule has 3 aromatic carbocycles. The number of amides is 1. The number of hydrogen-bond acceptors (Lipinski definition) is 5. The molecule has 8 heteroatoms. The van der Waals surface area contributed by atoms with Crippen molar-refractivity contribution in [2.75, 3.05) is 20.1 Å². The Hall–Kier alpha value is -4.35. The Bertz CT molecular complexity index is 1540. The highest BCUT2D eigenvalue weighted by Crippen LogP contribution is 2.35. The van der Waals surface area contributed by atoms with Crippen LogP contribution in [0, 0.1) is 23.0 Å². The van der Waals surface area contributed by atoms with Crippen molar-refractivity contribution >= 4 is 16.8 Å². The second-order valence-corrected chi connectivity index (χ2v) is 9.30. The molecule has 0 spiro atoms. The lowest BCUT2D eigenvalue weighted by atomic mass is 9.94. The first kappa shape index (κ1) is 24.3. The zero-order valence-corrected chi connectivity index (χ0v) is 20.1. The summed E-state index contributed by atoms with van der Waals surface area (Å²) < 4.78 is 28.4. The number of fused-ring (bicyclic) bond motifs is 1. The molecule has 0 bridgehead atoms. The molecule has 1 aromatic heterocycles. The van der Waals surface area contributed by atoms with Gasteiger partial charge < -0.3 is 15.3 Å². The van der Waals surface area contributed by atoms with Gasteiger partial charge in [-0.2, -0.15) is 5.26 Å². The van der Waals surface area contributed by atoms with Crippen molar-refractivity contribution < 1.29 is 18.7 Å². The maximum absolute atomic E-state index is 14.2. The van der Waals surface area contributed by atoms with Crippen molar-refractivity contribution in [3.8, 4) is 34.1 Å². The van der Waals surface area contributed by atoms with Gasteiger partial charge in [0.1, 0.15) is 17.4 Å². The second kappa shape index (κ2) is 9.96. The first-order valence-corrected chi connectivity index (χ1v) is 11.9. The quantitative estimate of drug-likeness (QED) is 0.392. The van der Waals surface area contributed by atoms with Gasteiger partial charge in [0.2, 0.25) is 0 Å². The van der Waals surface area contributed by atoms with Gasteiger partial charge >= 0.3 is 0 Å². The van der Waals surface area contributed by atoms with E-state index in [9.17, 15) is 23.9 Å². The molecule has 1 atom stereocenters. The van der Waals surface area contributed by atoms with E-state index in [1.807, 2.05) is 6.07 Å². The van der Waals surface area contributed by atoms with Crippen LogP contribution >= 0.6 is 0 Å². The maximum atomic E-state index is 14.2. The Morgan fingerprint density at radius 1 is 1.11 bits per heavy atom. The third kappa shape index (κ3) is 4.99. The molecule has 0 radical (unpaired) electrons. The molecule has 37 heavy (non-hydrogen) atoms. The number of nitriles is 1. The fourth-order valence-electron chi connectivity index (χ4n) is 4.89. The number of pyridine rings is 1. The number of benzene rings is 3. The van der Waals surface area contributed by atoms with Crippen LogP contribution in [0.2, 0.25) is 0 Å². The van der Waals surface area contributed by atoms with E-state index in [-0.39, 0.29) is 23.3 Å². The minimum atomic E-state index is -0.644. The molecule has 186 valence electrons. The number of aromatic nitrogens is 1. The van der Waals surface area contributed by atoms with Crippen LogP contribution < -0.4 is 5.32 Å². The van der Waals surface area contributed by atoms with E-state index in [0.29, 0.717) is 45.3 Å². The Balaban J connectivity index is 1.71. The van der Waals surface area contributed by atoms with Crippen LogP contribution in [-0.2, 0) is 0 Å². The zero-order chi connectivity index (χ0) is 26.1. The number of carbonyl (C=O) groups excluding carboxylic acids is 1. The summed E-state index contributed by atoms with van der Waals surface area (Å²) in [5.74, 6) is -1.74. The molecule has 1 fully saturated rings. The van der Waals surface area contributed by atoms with Crippen LogP contribution in [-0.4, -0.2) is 47.1 Å². The summed E-state index contributed by atoms with van der Waals surface area (Å²) in [6, 6.07) is 15.0. The van der Waals surface area contributed by atoms with E-state index in [2.05, 4.69) is 10.3 Å². The summed E-state index contributed by atoms with van der Waals surface area (Å²) in [6.07, 6.45) is 3.51. The molecule has 4 aromatic rings. The third-order valence-electron chi connectivity index (χ3n) is 6.64. The van der Waals surface area contributed by atoms with Crippen molar-refractivity contribution in [3.63, 3.8) is 0 Å². The minimum Gasteiger partial charge on any atom is -0.508 e. The smallest absolute Gasteiger partial charge is 0.255 e. The van der Waals surface area contributed by atoms with Crippen LogP contribution in [0.3, 0.4) is 0 Å². The van der Waals surface area contributed by atoms with Gasteiger partial charge in [0.25, 0.3) is 5.91 Å². The number of phenols is 1. The van der Waals surface area contributed by atoms with E-state index in [1.54, 1.807) is 36.2 Å². The fourth-order valence-corrected chi connectivity index (χ4v) is 4.89. The van der Waals surface area contributed by atoms with Crippen LogP contribution in [0.1, 0.15) is 28.8 Å². The van der Waals surface area contributed by atoms with E-state index in [0.717, 1.165) is 31.5 Å². The van der Waals surface area contributed by atoms with Gasteiger partial charge in [-0.15, -0.1) is 0 Å². The monoisotopic (exact) mass is 498 g/mol. The molecular weight excluding hydrogens is 474 g/mol. The molecule has 1 saturated heterocycles. The normalized spacial score (nSPS) is 15.0. The highest BCUT2D eigenvalue weighted by molar-refractivity contribution is 6.12. The van der Waals surface area contributed by atoms with Crippen LogP contribution in [0.4, 0.5) is 8.78 Å². The number of aromatic hydroxyl groups is 1. The summed E-state index contributed by atoms with van der Waals surface area (Å²) in [5, 5.41) is 23.2. The van der Waals surface area contributed by atoms with Gasteiger partial charge in [-0.1, -0.05) is 6.07 Å². The number of nitrogens with zero attached hydrogens (tertiary/aromatic N) is 3. The molecule has 2 heterocycles. The summed E-state index contributed by atoms with van der Waals surface area (Å²) in [7, 11) is 1.72. The molecule has 0 aliphatic carbocycles. The summed E-state index contributed by atoms with van der Waals surface area (Å²) in [5.41, 5.74) is 2.76. The predicted octanol–water partition coefficient (Wildman–Crippen LogP) is 5.25. The molecule has 0 saturated carbocycles. The van der Waals surface area contributed by atoms with E-state index in [1.165, 1.54) is 24.4 Å². The fraction of sp³-hybridized carbons (Fsp3) is 0.207. The third-order valence-corrected chi connectivity index (χ3v) is 6.64. The number of nitrogens with one attached hydrogen (secondary N) is 1. The second-order valence-electron chi connectivity index (χ2n) is 9.30. The molecule has 6 nitrogen and oxygen atoms in total. The Labute approximate surface area is 212 Å². The number of hydrogen-bond donors (Lipinski definition) is 2. The SMILES string of the molecule is CN(C[C@@H]1CCCN1)C(=O)c1c(-c2cc(O)cc(F)c2)cnc2ccc(-c3cc(F)cc(C#N)c3)cc12. The predicted molar refractivity (Wildman–Crippen MR) is 137 cm³/mol. The van der Waals surface area contributed by atoms with Gasteiger partial charge in [-0.25, -0.2) is 8.78 Å².